The Hall–Kier alpha value is -0.900. The van der Waals surface area contributed by atoms with Gasteiger partial charge in [-0.25, -0.2) is 0 Å². The molecule has 1 heterocycles. The first-order chi connectivity index (χ1) is 9.80. The van der Waals surface area contributed by atoms with E-state index in [9.17, 15) is 9.59 Å². The minimum absolute atomic E-state index is 0.0624. The first kappa shape index (κ1) is 15.0. The molecular formula is C17H26O4. The van der Waals surface area contributed by atoms with E-state index in [0.717, 1.165) is 19.3 Å². The summed E-state index contributed by atoms with van der Waals surface area (Å²) in [5, 5.41) is 0. The maximum atomic E-state index is 12.9. The predicted octanol–water partition coefficient (Wildman–Crippen LogP) is 2.60. The van der Waals surface area contributed by atoms with Crippen molar-refractivity contribution in [2.24, 2.45) is 29.1 Å². The van der Waals surface area contributed by atoms with E-state index in [2.05, 4.69) is 20.8 Å². The van der Waals surface area contributed by atoms with Gasteiger partial charge in [-0.1, -0.05) is 6.92 Å². The summed E-state index contributed by atoms with van der Waals surface area (Å²) in [6.07, 6.45) is 2.89. The molecule has 3 aliphatic rings. The third-order valence-electron chi connectivity index (χ3n) is 6.16. The van der Waals surface area contributed by atoms with Crippen LogP contribution in [0.25, 0.3) is 0 Å². The molecule has 0 amide bonds. The average molecular weight is 294 g/mol. The van der Waals surface area contributed by atoms with Crippen LogP contribution in [0.15, 0.2) is 0 Å². The van der Waals surface area contributed by atoms with E-state index in [1.54, 1.807) is 6.92 Å². The van der Waals surface area contributed by atoms with Gasteiger partial charge in [-0.3, -0.25) is 9.59 Å². The number of rotatable bonds is 2. The molecule has 4 nitrogen and oxygen atoms in total. The first-order valence-corrected chi connectivity index (χ1v) is 8.14. The van der Waals surface area contributed by atoms with E-state index >= 15 is 0 Å². The van der Waals surface area contributed by atoms with E-state index in [1.165, 1.54) is 0 Å². The van der Waals surface area contributed by atoms with Crippen molar-refractivity contribution in [3.05, 3.63) is 0 Å². The predicted molar refractivity (Wildman–Crippen MR) is 77.6 cm³/mol. The van der Waals surface area contributed by atoms with Gasteiger partial charge in [-0.2, -0.15) is 0 Å². The van der Waals surface area contributed by atoms with Crippen LogP contribution in [-0.2, 0) is 19.1 Å². The maximum Gasteiger partial charge on any atom is 0.317 e. The molecule has 0 spiro atoms. The fourth-order valence-corrected chi connectivity index (χ4v) is 5.04. The lowest BCUT2D eigenvalue weighted by atomic mass is 9.48. The Bertz CT molecular complexity index is 469. The number of fused-ring (bicyclic) bond motifs is 1. The van der Waals surface area contributed by atoms with Crippen LogP contribution in [0.2, 0.25) is 0 Å². The highest BCUT2D eigenvalue weighted by Crippen LogP contribution is 2.59. The van der Waals surface area contributed by atoms with Gasteiger partial charge in [-0.05, 0) is 57.3 Å². The molecule has 5 atom stereocenters. The molecule has 21 heavy (non-hydrogen) atoms. The molecule has 1 saturated heterocycles. The zero-order valence-electron chi connectivity index (χ0n) is 13.5. The summed E-state index contributed by atoms with van der Waals surface area (Å²) in [4.78, 5) is 25.2. The van der Waals surface area contributed by atoms with Crippen molar-refractivity contribution >= 4 is 11.8 Å². The smallest absolute Gasteiger partial charge is 0.317 e. The average Bonchev–Trinajstić information content (AvgIpc) is 2.37. The van der Waals surface area contributed by atoms with Crippen LogP contribution in [0.3, 0.4) is 0 Å². The summed E-state index contributed by atoms with van der Waals surface area (Å²) in [6, 6.07) is 0. The molecule has 0 radical (unpaired) electrons. The molecule has 3 rings (SSSR count). The minimum Gasteiger partial charge on any atom is -0.465 e. The molecule has 0 aromatic heterocycles. The topological polar surface area (TPSA) is 52.6 Å². The standard InChI is InChI=1S/C17H26O4/c1-5-20-15(19)13-14(18)11-9-21-16(2,3)12-6-7-17(13,4)8-10(11)12/h10-13H,5-9H2,1-4H3/t10-,11-,12?,13?,17+/m1/s1. The van der Waals surface area contributed by atoms with Gasteiger partial charge in [0.15, 0.2) is 5.78 Å². The van der Waals surface area contributed by atoms with Crippen molar-refractivity contribution in [2.45, 2.75) is 52.6 Å². The molecule has 2 unspecified atom stereocenters. The molecule has 3 fully saturated rings. The summed E-state index contributed by atoms with van der Waals surface area (Å²) in [5.41, 5.74) is -0.381. The Morgan fingerprint density at radius 1 is 1.38 bits per heavy atom. The van der Waals surface area contributed by atoms with E-state index < -0.39 is 5.92 Å². The van der Waals surface area contributed by atoms with Gasteiger partial charge in [0, 0.05) is 5.92 Å². The molecule has 0 aromatic rings. The Balaban J connectivity index is 1.94. The second-order valence-electron chi connectivity index (χ2n) is 7.78. The first-order valence-electron chi connectivity index (χ1n) is 8.14. The zero-order valence-corrected chi connectivity index (χ0v) is 13.5. The molecule has 2 aliphatic carbocycles. The lowest BCUT2D eigenvalue weighted by Crippen LogP contribution is -2.62. The zero-order chi connectivity index (χ0) is 15.4. The van der Waals surface area contributed by atoms with Gasteiger partial charge in [0.1, 0.15) is 5.92 Å². The summed E-state index contributed by atoms with van der Waals surface area (Å²) >= 11 is 0. The van der Waals surface area contributed by atoms with Crippen LogP contribution >= 0.6 is 0 Å². The van der Waals surface area contributed by atoms with Gasteiger partial charge in [-0.15, -0.1) is 0 Å². The molecule has 0 N–H and O–H groups in total. The van der Waals surface area contributed by atoms with E-state index in [4.69, 9.17) is 9.47 Å². The largest absolute Gasteiger partial charge is 0.465 e. The molecule has 2 saturated carbocycles. The Labute approximate surface area is 126 Å². The quantitative estimate of drug-likeness (QED) is 0.580. The van der Waals surface area contributed by atoms with E-state index in [0.29, 0.717) is 25.0 Å². The second-order valence-corrected chi connectivity index (χ2v) is 7.78. The molecular weight excluding hydrogens is 268 g/mol. The highest BCUT2D eigenvalue weighted by atomic mass is 16.5. The third kappa shape index (κ3) is 2.14. The maximum absolute atomic E-state index is 12.9. The molecule has 0 aromatic carbocycles. The van der Waals surface area contributed by atoms with Crippen molar-refractivity contribution < 1.29 is 19.1 Å². The van der Waals surface area contributed by atoms with Crippen molar-refractivity contribution in [1.82, 2.24) is 0 Å². The third-order valence-corrected chi connectivity index (χ3v) is 6.16. The van der Waals surface area contributed by atoms with Gasteiger partial charge in [0.25, 0.3) is 0 Å². The highest BCUT2D eigenvalue weighted by Gasteiger charge is 2.61. The van der Waals surface area contributed by atoms with Gasteiger partial charge >= 0.3 is 5.97 Å². The molecule has 4 heteroatoms. The Morgan fingerprint density at radius 2 is 2.10 bits per heavy atom. The summed E-state index contributed by atoms with van der Waals surface area (Å²) in [7, 11) is 0. The highest BCUT2D eigenvalue weighted by molar-refractivity contribution is 6.02. The van der Waals surface area contributed by atoms with Crippen molar-refractivity contribution in [3.63, 3.8) is 0 Å². The van der Waals surface area contributed by atoms with Crippen LogP contribution in [0.4, 0.5) is 0 Å². The lowest BCUT2D eigenvalue weighted by molar-refractivity contribution is -0.204. The lowest BCUT2D eigenvalue weighted by Gasteiger charge is -2.58. The number of ketones is 1. The van der Waals surface area contributed by atoms with Crippen LogP contribution < -0.4 is 0 Å². The fourth-order valence-electron chi connectivity index (χ4n) is 5.04. The van der Waals surface area contributed by atoms with E-state index in [-0.39, 0.29) is 28.7 Å². The SMILES string of the molecule is CCOC(=O)C1C(=O)[C@@H]2COC(C)(C)C3CC[C@@]1(C)C[C@@H]32. The van der Waals surface area contributed by atoms with Crippen LogP contribution in [0.1, 0.15) is 47.0 Å². The molecule has 1 aliphatic heterocycles. The van der Waals surface area contributed by atoms with Gasteiger partial charge in [0.05, 0.1) is 18.8 Å². The number of Topliss-reactive ketones (excluding diaryl/α,β-unsaturated/α-hetero) is 1. The summed E-state index contributed by atoms with van der Waals surface area (Å²) in [5.74, 6) is -0.184. The summed E-state index contributed by atoms with van der Waals surface area (Å²) in [6.45, 7) is 8.95. The molecule has 2 bridgehead atoms. The summed E-state index contributed by atoms with van der Waals surface area (Å²) < 4.78 is 11.2. The van der Waals surface area contributed by atoms with Crippen LogP contribution in [-0.4, -0.2) is 30.6 Å². The number of hydrogen-bond acceptors (Lipinski definition) is 4. The number of carbonyl (C=O) groups excluding carboxylic acids is 2. The van der Waals surface area contributed by atoms with Gasteiger partial charge < -0.3 is 9.47 Å². The number of ether oxygens (including phenoxy) is 2. The number of esters is 1. The molecule has 118 valence electrons. The van der Waals surface area contributed by atoms with E-state index in [1.807, 2.05) is 0 Å². The van der Waals surface area contributed by atoms with Crippen LogP contribution in [0.5, 0.6) is 0 Å². The number of carbonyl (C=O) groups is 2. The fraction of sp³-hybridized carbons (Fsp3) is 0.882. The normalized spacial score (nSPS) is 44.3. The number of hydrogen-bond donors (Lipinski definition) is 0. The minimum atomic E-state index is -0.593. The van der Waals surface area contributed by atoms with Crippen molar-refractivity contribution in [3.8, 4) is 0 Å². The van der Waals surface area contributed by atoms with Crippen molar-refractivity contribution in [2.75, 3.05) is 13.2 Å². The Morgan fingerprint density at radius 3 is 2.76 bits per heavy atom. The van der Waals surface area contributed by atoms with Gasteiger partial charge in [0.2, 0.25) is 0 Å². The van der Waals surface area contributed by atoms with Crippen LogP contribution in [0, 0.1) is 29.1 Å². The second kappa shape index (κ2) is 4.80. The monoisotopic (exact) mass is 294 g/mol. The Kier molecular flexibility index (Phi) is 3.43. The van der Waals surface area contributed by atoms with Crippen molar-refractivity contribution in [1.29, 1.82) is 0 Å².